The second-order valence-electron chi connectivity index (χ2n) is 6.26. The van der Waals surface area contributed by atoms with Crippen LogP contribution in [0.5, 0.6) is 0 Å². The molecule has 5 nitrogen and oxygen atoms in total. The van der Waals surface area contributed by atoms with Crippen LogP contribution in [0.1, 0.15) is 31.7 Å². The maximum absolute atomic E-state index is 13.3. The smallest absolute Gasteiger partial charge is 0.193 e. The molecule has 25 heavy (non-hydrogen) atoms. The molecule has 1 saturated heterocycles. The first-order chi connectivity index (χ1) is 12.2. The zero-order valence-corrected chi connectivity index (χ0v) is 15.3. The predicted molar refractivity (Wildman–Crippen MR) is 98.3 cm³/mol. The molecule has 0 aliphatic carbocycles. The first-order valence-corrected chi connectivity index (χ1v) is 9.12. The summed E-state index contributed by atoms with van der Waals surface area (Å²) in [4.78, 5) is 6.66. The van der Waals surface area contributed by atoms with Gasteiger partial charge in [0.15, 0.2) is 5.96 Å². The van der Waals surface area contributed by atoms with Gasteiger partial charge < -0.3 is 19.7 Å². The summed E-state index contributed by atoms with van der Waals surface area (Å²) in [7, 11) is 1.96. The number of nitrogens with zero attached hydrogens (tertiary/aromatic N) is 2. The first kappa shape index (κ1) is 19.7. The molecule has 1 fully saturated rings. The fourth-order valence-corrected chi connectivity index (χ4v) is 2.80. The van der Waals surface area contributed by atoms with Gasteiger partial charge in [-0.2, -0.15) is 0 Å². The van der Waals surface area contributed by atoms with Crippen LogP contribution in [0.25, 0.3) is 0 Å². The molecule has 1 aliphatic heterocycles. The Morgan fingerprint density at radius 3 is 2.92 bits per heavy atom. The van der Waals surface area contributed by atoms with Gasteiger partial charge in [-0.1, -0.05) is 12.1 Å². The Kier molecular flexibility index (Phi) is 8.69. The summed E-state index contributed by atoms with van der Waals surface area (Å²) in [6.45, 7) is 6.49. The average Bonchev–Trinajstić information content (AvgIpc) is 2.61. The minimum atomic E-state index is -0.210. The van der Waals surface area contributed by atoms with E-state index in [0.717, 1.165) is 57.2 Å². The molecule has 0 spiro atoms. The van der Waals surface area contributed by atoms with Crippen LogP contribution in [-0.4, -0.2) is 56.9 Å². The SMILES string of the molecule is CCNC(=NCCCOC1CCOCC1)N(C)Cc1cccc(F)c1. The fraction of sp³-hybridized carbons (Fsp3) is 0.632. The van der Waals surface area contributed by atoms with E-state index in [1.54, 1.807) is 12.1 Å². The lowest BCUT2D eigenvalue weighted by Crippen LogP contribution is -2.38. The van der Waals surface area contributed by atoms with Crippen molar-refractivity contribution in [1.29, 1.82) is 0 Å². The van der Waals surface area contributed by atoms with Gasteiger partial charge in [0.25, 0.3) is 0 Å². The minimum absolute atomic E-state index is 0.210. The van der Waals surface area contributed by atoms with Crippen molar-refractivity contribution in [2.24, 2.45) is 4.99 Å². The Balaban J connectivity index is 1.76. The zero-order valence-electron chi connectivity index (χ0n) is 15.3. The van der Waals surface area contributed by atoms with Gasteiger partial charge in [0.2, 0.25) is 0 Å². The van der Waals surface area contributed by atoms with Gasteiger partial charge in [-0.05, 0) is 43.9 Å². The predicted octanol–water partition coefficient (Wildman–Crippen LogP) is 2.81. The number of hydrogen-bond acceptors (Lipinski definition) is 3. The summed E-state index contributed by atoms with van der Waals surface area (Å²) in [6, 6.07) is 6.67. The molecule has 0 amide bonds. The van der Waals surface area contributed by atoms with Gasteiger partial charge in [-0.3, -0.25) is 4.99 Å². The highest BCUT2D eigenvalue weighted by Crippen LogP contribution is 2.11. The number of rotatable bonds is 8. The van der Waals surface area contributed by atoms with Gasteiger partial charge in [-0.25, -0.2) is 4.39 Å². The zero-order chi connectivity index (χ0) is 17.9. The van der Waals surface area contributed by atoms with Crippen molar-refractivity contribution in [2.75, 3.05) is 40.0 Å². The van der Waals surface area contributed by atoms with Gasteiger partial charge >= 0.3 is 0 Å². The molecule has 0 aromatic heterocycles. The molecule has 0 bridgehead atoms. The molecular weight excluding hydrogens is 321 g/mol. The standard InChI is InChI=1S/C19H30FN3O2/c1-3-21-19(23(2)15-16-6-4-7-17(20)14-16)22-10-5-11-25-18-8-12-24-13-9-18/h4,6-7,14,18H,3,5,8-13,15H2,1-2H3,(H,21,22). The van der Waals surface area contributed by atoms with E-state index in [-0.39, 0.29) is 5.82 Å². The summed E-state index contributed by atoms with van der Waals surface area (Å²) < 4.78 is 24.5. The van der Waals surface area contributed by atoms with Crippen LogP contribution in [0, 0.1) is 5.82 Å². The number of guanidine groups is 1. The van der Waals surface area contributed by atoms with E-state index in [1.807, 2.05) is 24.9 Å². The topological polar surface area (TPSA) is 46.1 Å². The van der Waals surface area contributed by atoms with Gasteiger partial charge in [0, 0.05) is 46.5 Å². The highest BCUT2D eigenvalue weighted by Gasteiger charge is 2.13. The lowest BCUT2D eigenvalue weighted by Gasteiger charge is -2.23. The largest absolute Gasteiger partial charge is 0.381 e. The van der Waals surface area contributed by atoms with Crippen LogP contribution in [0.3, 0.4) is 0 Å². The molecule has 1 heterocycles. The van der Waals surface area contributed by atoms with Crippen LogP contribution in [0.2, 0.25) is 0 Å². The van der Waals surface area contributed by atoms with E-state index >= 15 is 0 Å². The van der Waals surface area contributed by atoms with E-state index in [0.29, 0.717) is 19.2 Å². The van der Waals surface area contributed by atoms with Gasteiger partial charge in [-0.15, -0.1) is 0 Å². The third kappa shape index (κ3) is 7.40. The Labute approximate surface area is 150 Å². The van der Waals surface area contributed by atoms with Crippen LogP contribution < -0.4 is 5.32 Å². The lowest BCUT2D eigenvalue weighted by atomic mass is 10.1. The molecule has 2 rings (SSSR count). The first-order valence-electron chi connectivity index (χ1n) is 9.12. The van der Waals surface area contributed by atoms with Crippen LogP contribution in [-0.2, 0) is 16.0 Å². The third-order valence-electron chi connectivity index (χ3n) is 4.09. The Bertz CT molecular complexity index is 533. The van der Waals surface area contributed by atoms with E-state index in [4.69, 9.17) is 9.47 Å². The van der Waals surface area contributed by atoms with Crippen molar-refractivity contribution in [3.05, 3.63) is 35.6 Å². The van der Waals surface area contributed by atoms with E-state index in [1.165, 1.54) is 6.07 Å². The molecule has 0 unspecified atom stereocenters. The Morgan fingerprint density at radius 1 is 1.40 bits per heavy atom. The second kappa shape index (κ2) is 11.1. The molecular formula is C19H30FN3O2. The highest BCUT2D eigenvalue weighted by atomic mass is 19.1. The number of halogens is 1. The normalized spacial score (nSPS) is 16.0. The number of benzene rings is 1. The van der Waals surface area contributed by atoms with Crippen molar-refractivity contribution in [3.63, 3.8) is 0 Å². The molecule has 1 aliphatic rings. The fourth-order valence-electron chi connectivity index (χ4n) is 2.80. The lowest BCUT2D eigenvalue weighted by molar-refractivity contribution is -0.0318. The molecule has 0 radical (unpaired) electrons. The number of aliphatic imine (C=N–C) groups is 1. The Morgan fingerprint density at radius 2 is 2.20 bits per heavy atom. The quantitative estimate of drug-likeness (QED) is 0.444. The summed E-state index contributed by atoms with van der Waals surface area (Å²) >= 11 is 0. The molecule has 1 N–H and O–H groups in total. The number of ether oxygens (including phenoxy) is 2. The summed E-state index contributed by atoms with van der Waals surface area (Å²) in [6.07, 6.45) is 3.20. The average molecular weight is 351 g/mol. The van der Waals surface area contributed by atoms with Crippen LogP contribution in [0.4, 0.5) is 4.39 Å². The van der Waals surface area contributed by atoms with Gasteiger partial charge in [0.05, 0.1) is 6.10 Å². The minimum Gasteiger partial charge on any atom is -0.381 e. The van der Waals surface area contributed by atoms with E-state index in [9.17, 15) is 4.39 Å². The third-order valence-corrected chi connectivity index (χ3v) is 4.09. The maximum atomic E-state index is 13.3. The molecule has 0 saturated carbocycles. The van der Waals surface area contributed by atoms with E-state index in [2.05, 4.69) is 10.3 Å². The molecule has 1 aromatic rings. The molecule has 6 heteroatoms. The van der Waals surface area contributed by atoms with E-state index < -0.39 is 0 Å². The van der Waals surface area contributed by atoms with Gasteiger partial charge in [0.1, 0.15) is 5.82 Å². The van der Waals surface area contributed by atoms with Crippen molar-refractivity contribution in [2.45, 2.75) is 38.8 Å². The summed E-state index contributed by atoms with van der Waals surface area (Å²) in [5.41, 5.74) is 0.927. The second-order valence-corrected chi connectivity index (χ2v) is 6.26. The molecule has 0 atom stereocenters. The molecule has 1 aromatic carbocycles. The van der Waals surface area contributed by atoms with Crippen molar-refractivity contribution < 1.29 is 13.9 Å². The van der Waals surface area contributed by atoms with Crippen molar-refractivity contribution in [1.82, 2.24) is 10.2 Å². The van der Waals surface area contributed by atoms with Crippen LogP contribution in [0.15, 0.2) is 29.3 Å². The number of nitrogens with one attached hydrogen (secondary N) is 1. The van der Waals surface area contributed by atoms with Crippen molar-refractivity contribution in [3.8, 4) is 0 Å². The van der Waals surface area contributed by atoms with Crippen LogP contribution >= 0.6 is 0 Å². The summed E-state index contributed by atoms with van der Waals surface area (Å²) in [5.74, 6) is 0.621. The van der Waals surface area contributed by atoms with Crippen molar-refractivity contribution >= 4 is 5.96 Å². The summed E-state index contributed by atoms with van der Waals surface area (Å²) in [5, 5.41) is 3.28. The monoisotopic (exact) mass is 351 g/mol. The Hall–Kier alpha value is -1.66. The molecule has 140 valence electrons. The highest BCUT2D eigenvalue weighted by molar-refractivity contribution is 5.79. The maximum Gasteiger partial charge on any atom is 0.193 e. The number of hydrogen-bond donors (Lipinski definition) is 1.